The van der Waals surface area contributed by atoms with Crippen LogP contribution in [0.3, 0.4) is 0 Å². The zero-order valence-corrected chi connectivity index (χ0v) is 20.9. The summed E-state index contributed by atoms with van der Waals surface area (Å²) < 4.78 is 13.1. The number of fused-ring (bicyclic) bond motifs is 2. The molecular formula is C29H29ClFN3O. The van der Waals surface area contributed by atoms with E-state index in [1.54, 1.807) is 12.1 Å². The minimum absolute atomic E-state index is 0.0173. The quantitative estimate of drug-likeness (QED) is 0.438. The highest BCUT2D eigenvalue weighted by Crippen LogP contribution is 2.48. The highest BCUT2D eigenvalue weighted by Gasteiger charge is 2.46. The summed E-state index contributed by atoms with van der Waals surface area (Å²) in [6.07, 6.45) is 6.09. The van der Waals surface area contributed by atoms with Crippen LogP contribution in [0.15, 0.2) is 60.7 Å². The van der Waals surface area contributed by atoms with Crippen LogP contribution in [-0.4, -0.2) is 42.0 Å². The predicted molar refractivity (Wildman–Crippen MR) is 140 cm³/mol. The minimum Gasteiger partial charge on any atom is -0.307 e. The fourth-order valence-corrected chi connectivity index (χ4v) is 5.61. The van der Waals surface area contributed by atoms with Crippen molar-refractivity contribution in [2.75, 3.05) is 31.1 Å². The number of piperidine rings is 1. The van der Waals surface area contributed by atoms with Crippen molar-refractivity contribution in [3.63, 3.8) is 0 Å². The molecule has 0 atom stereocenters. The monoisotopic (exact) mass is 489 g/mol. The number of hydrogen-bond donors (Lipinski definition) is 0. The number of likely N-dealkylation sites (tertiary alicyclic amines) is 1. The number of anilines is 1. The van der Waals surface area contributed by atoms with Gasteiger partial charge in [0.05, 0.1) is 0 Å². The van der Waals surface area contributed by atoms with Gasteiger partial charge in [0.1, 0.15) is 5.82 Å². The molecule has 0 saturated carbocycles. The van der Waals surface area contributed by atoms with Gasteiger partial charge in [-0.2, -0.15) is 0 Å². The Balaban J connectivity index is 1.32. The maximum Gasteiger partial charge on any atom is 0.258 e. The topological polar surface area (TPSA) is 36.4 Å². The molecule has 1 aromatic heterocycles. The lowest BCUT2D eigenvalue weighted by Gasteiger charge is -2.39. The van der Waals surface area contributed by atoms with Crippen molar-refractivity contribution in [3.8, 4) is 0 Å². The second-order valence-electron chi connectivity index (χ2n) is 9.73. The molecule has 6 heteroatoms. The first-order valence-corrected chi connectivity index (χ1v) is 12.4. The third kappa shape index (κ3) is 4.89. The molecule has 5 rings (SSSR count). The van der Waals surface area contributed by atoms with Crippen molar-refractivity contribution < 1.29 is 9.18 Å². The van der Waals surface area contributed by atoms with Gasteiger partial charge in [0, 0.05) is 46.2 Å². The van der Waals surface area contributed by atoms with Gasteiger partial charge in [0.2, 0.25) is 0 Å². The number of aromatic nitrogens is 1. The molecule has 180 valence electrons. The van der Waals surface area contributed by atoms with Gasteiger partial charge in [0.15, 0.2) is 0 Å². The van der Waals surface area contributed by atoms with Crippen molar-refractivity contribution in [2.45, 2.75) is 32.1 Å². The highest BCUT2D eigenvalue weighted by molar-refractivity contribution is 6.30. The number of pyridine rings is 1. The summed E-state index contributed by atoms with van der Waals surface area (Å²) in [4.78, 5) is 22.4. The lowest BCUT2D eigenvalue weighted by atomic mass is 9.74. The molecular weight excluding hydrogens is 461 g/mol. The molecule has 1 saturated heterocycles. The van der Waals surface area contributed by atoms with Crippen molar-refractivity contribution >= 4 is 29.3 Å². The molecule has 1 spiro atoms. The Labute approximate surface area is 211 Å². The summed E-state index contributed by atoms with van der Waals surface area (Å²) in [6.45, 7) is 7.23. The van der Waals surface area contributed by atoms with Gasteiger partial charge < -0.3 is 4.90 Å². The van der Waals surface area contributed by atoms with Crippen LogP contribution in [0.1, 0.15) is 45.7 Å². The minimum atomic E-state index is -0.220. The molecule has 0 aliphatic carbocycles. The maximum atomic E-state index is 13.6. The molecule has 0 radical (unpaired) electrons. The average molecular weight is 490 g/mol. The molecule has 3 aromatic rings. The molecule has 3 heterocycles. The lowest BCUT2D eigenvalue weighted by Crippen LogP contribution is -2.46. The molecule has 2 aromatic carbocycles. The summed E-state index contributed by atoms with van der Waals surface area (Å²) in [5, 5.41) is 0.706. The fourth-order valence-electron chi connectivity index (χ4n) is 5.44. The van der Waals surface area contributed by atoms with Gasteiger partial charge in [-0.3, -0.25) is 14.7 Å². The second kappa shape index (κ2) is 9.56. The molecule has 1 amide bonds. The third-order valence-corrected chi connectivity index (χ3v) is 7.45. The first kappa shape index (κ1) is 23.7. The number of benzene rings is 2. The van der Waals surface area contributed by atoms with E-state index in [0.29, 0.717) is 17.1 Å². The summed E-state index contributed by atoms with van der Waals surface area (Å²) in [7, 11) is 0. The Kier molecular flexibility index (Phi) is 6.47. The van der Waals surface area contributed by atoms with Crippen LogP contribution in [0.5, 0.6) is 0 Å². The molecule has 2 aliphatic heterocycles. The summed E-state index contributed by atoms with van der Waals surface area (Å²) in [5.74, 6) is -0.203. The summed E-state index contributed by atoms with van der Waals surface area (Å²) in [6, 6.07) is 16.2. The van der Waals surface area contributed by atoms with Crippen LogP contribution in [0.2, 0.25) is 5.02 Å². The number of hydrogen-bond acceptors (Lipinski definition) is 3. The SMILES string of the molecule is Cc1cc(C(=O)N2CC3(CCN(C/C=C/c4ccc(F)cc4)CC3)c3cc(Cl)ccc32)cc(C)n1. The van der Waals surface area contributed by atoms with E-state index in [4.69, 9.17) is 11.6 Å². The van der Waals surface area contributed by atoms with Crippen LogP contribution in [0, 0.1) is 19.7 Å². The fraction of sp³-hybridized carbons (Fsp3) is 0.310. The van der Waals surface area contributed by atoms with E-state index in [9.17, 15) is 9.18 Å². The smallest absolute Gasteiger partial charge is 0.258 e. The standard InChI is InChI=1S/C29H29ClFN3O/c1-20-16-23(17-21(2)32-20)28(35)34-19-29(26-18-24(30)7-10-27(26)34)11-14-33(15-12-29)13-3-4-22-5-8-25(31)9-6-22/h3-10,16-18H,11-15,19H2,1-2H3/b4-3+. The Bertz CT molecular complexity index is 1260. The van der Waals surface area contributed by atoms with E-state index < -0.39 is 0 Å². The first-order valence-electron chi connectivity index (χ1n) is 12.0. The Hall–Kier alpha value is -3.02. The van der Waals surface area contributed by atoms with Crippen LogP contribution >= 0.6 is 11.6 Å². The zero-order valence-electron chi connectivity index (χ0n) is 20.1. The van der Waals surface area contributed by atoms with Crippen molar-refractivity contribution in [2.24, 2.45) is 0 Å². The van der Waals surface area contributed by atoms with E-state index in [0.717, 1.165) is 55.1 Å². The number of carbonyl (C=O) groups is 1. The van der Waals surface area contributed by atoms with Gasteiger partial charge in [0.25, 0.3) is 5.91 Å². The van der Waals surface area contributed by atoms with Gasteiger partial charge in [-0.15, -0.1) is 0 Å². The predicted octanol–water partition coefficient (Wildman–Crippen LogP) is 6.20. The van der Waals surface area contributed by atoms with E-state index in [-0.39, 0.29) is 17.1 Å². The summed E-state index contributed by atoms with van der Waals surface area (Å²) in [5.41, 5.74) is 5.43. The van der Waals surface area contributed by atoms with Gasteiger partial charge in [-0.25, -0.2) is 4.39 Å². The Morgan fingerprint density at radius 2 is 1.74 bits per heavy atom. The number of nitrogens with zero attached hydrogens (tertiary/aromatic N) is 3. The van der Waals surface area contributed by atoms with Crippen molar-refractivity contribution in [3.05, 3.63) is 99.6 Å². The largest absolute Gasteiger partial charge is 0.307 e. The summed E-state index contributed by atoms with van der Waals surface area (Å²) >= 11 is 6.42. The van der Waals surface area contributed by atoms with E-state index >= 15 is 0 Å². The number of amides is 1. The van der Waals surface area contributed by atoms with Crippen LogP contribution < -0.4 is 4.90 Å². The number of aryl methyl sites for hydroxylation is 2. The molecule has 35 heavy (non-hydrogen) atoms. The van der Waals surface area contributed by atoms with E-state index in [1.165, 1.54) is 17.7 Å². The van der Waals surface area contributed by atoms with Crippen LogP contribution in [0.25, 0.3) is 6.08 Å². The van der Waals surface area contributed by atoms with Gasteiger partial charge >= 0.3 is 0 Å². The molecule has 0 unspecified atom stereocenters. The number of halogens is 2. The van der Waals surface area contributed by atoms with Crippen LogP contribution in [0.4, 0.5) is 10.1 Å². The highest BCUT2D eigenvalue weighted by atomic mass is 35.5. The van der Waals surface area contributed by atoms with Crippen LogP contribution in [-0.2, 0) is 5.41 Å². The van der Waals surface area contributed by atoms with E-state index in [2.05, 4.69) is 22.0 Å². The molecule has 1 fully saturated rings. The Morgan fingerprint density at radius 1 is 1.06 bits per heavy atom. The third-order valence-electron chi connectivity index (χ3n) is 7.21. The van der Waals surface area contributed by atoms with Crippen molar-refractivity contribution in [1.82, 2.24) is 9.88 Å². The van der Waals surface area contributed by atoms with E-state index in [1.807, 2.05) is 49.1 Å². The molecule has 0 N–H and O–H groups in total. The van der Waals surface area contributed by atoms with Crippen molar-refractivity contribution in [1.29, 1.82) is 0 Å². The Morgan fingerprint density at radius 3 is 2.43 bits per heavy atom. The molecule has 0 bridgehead atoms. The van der Waals surface area contributed by atoms with Gasteiger partial charge in [-0.05, 0) is 93.4 Å². The first-order chi connectivity index (χ1) is 16.8. The molecule has 2 aliphatic rings. The maximum absolute atomic E-state index is 13.6. The number of carbonyl (C=O) groups excluding carboxylic acids is 1. The zero-order chi connectivity index (χ0) is 24.6. The lowest BCUT2D eigenvalue weighted by molar-refractivity contribution is 0.0977. The molecule has 4 nitrogen and oxygen atoms in total. The normalized spacial score (nSPS) is 17.3. The second-order valence-corrected chi connectivity index (χ2v) is 10.2. The van der Waals surface area contributed by atoms with Gasteiger partial charge in [-0.1, -0.05) is 35.9 Å². The number of rotatable bonds is 4. The average Bonchev–Trinajstić information content (AvgIpc) is 3.14.